The molecule has 0 aromatic carbocycles. The van der Waals surface area contributed by atoms with Crippen LogP contribution in [0.25, 0.3) is 0 Å². The second-order valence-corrected chi connectivity index (χ2v) is 5.62. The van der Waals surface area contributed by atoms with E-state index in [9.17, 15) is 0 Å². The number of nitrogen functional groups attached to an aromatic ring is 1. The molecule has 0 aliphatic heterocycles. The molecule has 0 saturated heterocycles. The first-order valence-corrected chi connectivity index (χ1v) is 6.87. The Bertz CT molecular complexity index is 546. The molecule has 0 unspecified atom stereocenters. The molecule has 0 radical (unpaired) electrons. The number of hydrogen-bond acceptors (Lipinski definition) is 6. The normalized spacial score (nSPS) is 10.4. The fraction of sp³-hybridized carbons (Fsp3) is 0.273. The van der Waals surface area contributed by atoms with E-state index in [0.717, 1.165) is 11.0 Å². The highest BCUT2D eigenvalue weighted by Gasteiger charge is 2.13. The molecule has 0 atom stereocenters. The molecule has 2 rings (SSSR count). The predicted molar refractivity (Wildman–Crippen MR) is 77.1 cm³/mol. The van der Waals surface area contributed by atoms with Gasteiger partial charge in [0.05, 0.1) is 13.7 Å². The molecule has 96 valence electrons. The zero-order valence-corrected chi connectivity index (χ0v) is 12.5. The van der Waals surface area contributed by atoms with Crippen molar-refractivity contribution in [1.82, 2.24) is 9.97 Å². The second-order valence-electron chi connectivity index (χ2n) is 3.71. The summed E-state index contributed by atoms with van der Waals surface area (Å²) in [5, 5.41) is 2.05. The van der Waals surface area contributed by atoms with Gasteiger partial charge in [0.15, 0.2) is 5.82 Å². The maximum atomic E-state index is 5.96. The molecule has 0 aliphatic carbocycles. The number of rotatable bonds is 4. The minimum atomic E-state index is 0.402. The molecule has 0 fully saturated rings. The molecule has 0 bridgehead atoms. The number of thiophene rings is 1. The molecule has 5 nitrogen and oxygen atoms in total. The summed E-state index contributed by atoms with van der Waals surface area (Å²) < 4.78 is 6.17. The van der Waals surface area contributed by atoms with Gasteiger partial charge in [0.1, 0.15) is 12.0 Å². The van der Waals surface area contributed by atoms with E-state index >= 15 is 0 Å². The summed E-state index contributed by atoms with van der Waals surface area (Å²) in [6.07, 6.45) is 1.45. The standard InChI is InChI=1S/C11H13BrN4OS/c1-16(4-8-3-7(12)5-18-8)10-9(13)11(17-2)15-6-14-10/h3,5-6H,4,13H2,1-2H3. The van der Waals surface area contributed by atoms with E-state index in [-0.39, 0.29) is 0 Å². The van der Waals surface area contributed by atoms with Crippen molar-refractivity contribution in [2.45, 2.75) is 6.54 Å². The Morgan fingerprint density at radius 2 is 2.28 bits per heavy atom. The van der Waals surface area contributed by atoms with Crippen LogP contribution in [0.5, 0.6) is 5.88 Å². The predicted octanol–water partition coefficient (Wildman–Crippen LogP) is 2.53. The summed E-state index contributed by atoms with van der Waals surface area (Å²) >= 11 is 5.12. The first kappa shape index (κ1) is 13.1. The van der Waals surface area contributed by atoms with Crippen molar-refractivity contribution in [3.8, 4) is 5.88 Å². The summed E-state index contributed by atoms with van der Waals surface area (Å²) in [5.41, 5.74) is 6.41. The average Bonchev–Trinajstić information content (AvgIpc) is 2.75. The molecule has 18 heavy (non-hydrogen) atoms. The van der Waals surface area contributed by atoms with Gasteiger partial charge in [-0.25, -0.2) is 4.98 Å². The van der Waals surface area contributed by atoms with Crippen LogP contribution < -0.4 is 15.4 Å². The fourth-order valence-corrected chi connectivity index (χ4v) is 3.09. The third kappa shape index (κ3) is 2.73. The number of aromatic nitrogens is 2. The van der Waals surface area contributed by atoms with Gasteiger partial charge < -0.3 is 15.4 Å². The Morgan fingerprint density at radius 3 is 2.89 bits per heavy atom. The van der Waals surface area contributed by atoms with E-state index in [4.69, 9.17) is 10.5 Å². The number of methoxy groups -OCH3 is 1. The highest BCUT2D eigenvalue weighted by Crippen LogP contribution is 2.29. The quantitative estimate of drug-likeness (QED) is 0.934. The van der Waals surface area contributed by atoms with Gasteiger partial charge in [0.2, 0.25) is 5.88 Å². The Kier molecular flexibility index (Phi) is 4.03. The van der Waals surface area contributed by atoms with Crippen molar-refractivity contribution in [2.24, 2.45) is 0 Å². The third-order valence-electron chi connectivity index (χ3n) is 2.40. The molecule has 7 heteroatoms. The smallest absolute Gasteiger partial charge is 0.242 e. The average molecular weight is 329 g/mol. The Hall–Kier alpha value is -1.34. The fourth-order valence-electron chi connectivity index (χ4n) is 1.58. The highest BCUT2D eigenvalue weighted by atomic mass is 79.9. The molecule has 0 saturated carbocycles. The van der Waals surface area contributed by atoms with Crippen molar-refractivity contribution < 1.29 is 4.74 Å². The lowest BCUT2D eigenvalue weighted by atomic mass is 10.4. The summed E-state index contributed by atoms with van der Waals surface area (Å²) in [4.78, 5) is 11.3. The van der Waals surface area contributed by atoms with Crippen molar-refractivity contribution in [1.29, 1.82) is 0 Å². The number of ether oxygens (including phenoxy) is 1. The monoisotopic (exact) mass is 328 g/mol. The van der Waals surface area contributed by atoms with Gasteiger partial charge in [-0.2, -0.15) is 4.98 Å². The highest BCUT2D eigenvalue weighted by molar-refractivity contribution is 9.10. The summed E-state index contributed by atoms with van der Waals surface area (Å²) in [5.74, 6) is 1.07. The molecule has 2 aromatic rings. The first-order valence-electron chi connectivity index (χ1n) is 5.20. The zero-order valence-electron chi connectivity index (χ0n) is 10.1. The van der Waals surface area contributed by atoms with Crippen molar-refractivity contribution >= 4 is 38.8 Å². The van der Waals surface area contributed by atoms with E-state index < -0.39 is 0 Å². The molecular weight excluding hydrogens is 316 g/mol. The second kappa shape index (κ2) is 5.53. The van der Waals surface area contributed by atoms with Crippen LogP contribution in [0.3, 0.4) is 0 Å². The van der Waals surface area contributed by atoms with Gasteiger partial charge >= 0.3 is 0 Å². The molecule has 0 aliphatic rings. The molecular formula is C11H13BrN4OS. The van der Waals surface area contributed by atoms with Gasteiger partial charge in [-0.1, -0.05) is 0 Å². The van der Waals surface area contributed by atoms with E-state index in [0.29, 0.717) is 17.4 Å². The number of nitrogens with two attached hydrogens (primary N) is 1. The Labute approximate surface area is 118 Å². The van der Waals surface area contributed by atoms with Crippen LogP contribution in [0.15, 0.2) is 22.2 Å². The van der Waals surface area contributed by atoms with Crippen LogP contribution in [-0.4, -0.2) is 24.1 Å². The molecule has 0 spiro atoms. The summed E-state index contributed by atoms with van der Waals surface area (Å²) in [6, 6.07) is 2.08. The minimum Gasteiger partial charge on any atom is -0.479 e. The number of anilines is 2. The molecule has 2 N–H and O–H groups in total. The number of nitrogens with zero attached hydrogens (tertiary/aromatic N) is 3. The van der Waals surface area contributed by atoms with Gasteiger partial charge in [0.25, 0.3) is 0 Å². The van der Waals surface area contributed by atoms with Gasteiger partial charge in [-0.05, 0) is 22.0 Å². The van der Waals surface area contributed by atoms with Crippen molar-refractivity contribution in [3.63, 3.8) is 0 Å². The van der Waals surface area contributed by atoms with Crippen molar-refractivity contribution in [3.05, 3.63) is 27.1 Å². The maximum absolute atomic E-state index is 5.96. The maximum Gasteiger partial charge on any atom is 0.242 e. The zero-order chi connectivity index (χ0) is 13.1. The van der Waals surface area contributed by atoms with Gasteiger partial charge in [0, 0.05) is 21.8 Å². The topological polar surface area (TPSA) is 64.3 Å². The van der Waals surface area contributed by atoms with Crippen molar-refractivity contribution in [2.75, 3.05) is 24.8 Å². The molecule has 2 aromatic heterocycles. The van der Waals surface area contributed by atoms with Gasteiger partial charge in [-0.3, -0.25) is 0 Å². The van der Waals surface area contributed by atoms with Gasteiger partial charge in [-0.15, -0.1) is 11.3 Å². The lowest BCUT2D eigenvalue weighted by Crippen LogP contribution is -2.19. The summed E-state index contributed by atoms with van der Waals surface area (Å²) in [7, 11) is 3.48. The largest absolute Gasteiger partial charge is 0.479 e. The van der Waals surface area contributed by atoms with E-state index in [2.05, 4.69) is 32.0 Å². The van der Waals surface area contributed by atoms with E-state index in [1.54, 1.807) is 18.4 Å². The van der Waals surface area contributed by atoms with Crippen LogP contribution in [0.2, 0.25) is 0 Å². The van der Waals surface area contributed by atoms with Crippen LogP contribution in [0, 0.1) is 0 Å². The van der Waals surface area contributed by atoms with Crippen LogP contribution in [0.4, 0.5) is 11.5 Å². The lowest BCUT2D eigenvalue weighted by Gasteiger charge is -2.19. The van der Waals surface area contributed by atoms with Crippen LogP contribution >= 0.6 is 27.3 Å². The van der Waals surface area contributed by atoms with Crippen LogP contribution in [-0.2, 0) is 6.54 Å². The molecule has 0 amide bonds. The molecule has 2 heterocycles. The van der Waals surface area contributed by atoms with Crippen LogP contribution in [0.1, 0.15) is 4.88 Å². The SMILES string of the molecule is COc1ncnc(N(C)Cc2cc(Br)cs2)c1N. The van der Waals surface area contributed by atoms with E-state index in [1.807, 2.05) is 17.3 Å². The Balaban J connectivity index is 2.21. The summed E-state index contributed by atoms with van der Waals surface area (Å²) in [6.45, 7) is 0.737. The third-order valence-corrected chi connectivity index (χ3v) is 4.08. The van der Waals surface area contributed by atoms with E-state index in [1.165, 1.54) is 11.2 Å². The lowest BCUT2D eigenvalue weighted by molar-refractivity contribution is 0.399. The Morgan fingerprint density at radius 1 is 1.50 bits per heavy atom. The minimum absolute atomic E-state index is 0.402. The first-order chi connectivity index (χ1) is 8.61. The number of hydrogen-bond donors (Lipinski definition) is 1. The number of halogens is 1.